The van der Waals surface area contributed by atoms with Crippen LogP contribution in [-0.4, -0.2) is 32.7 Å². The minimum absolute atomic E-state index is 0.0427. The molecule has 1 unspecified atom stereocenters. The fourth-order valence-corrected chi connectivity index (χ4v) is 2.97. The fraction of sp³-hybridized carbons (Fsp3) is 0.455. The SMILES string of the molecule is Cc1cc([N+](=O)[O-])cc(S(=O)(=O)Cl)c1OC1CCOC1. The van der Waals surface area contributed by atoms with E-state index >= 15 is 0 Å². The van der Waals surface area contributed by atoms with E-state index < -0.39 is 18.9 Å². The molecule has 1 aliphatic heterocycles. The van der Waals surface area contributed by atoms with Gasteiger partial charge in [0, 0.05) is 29.2 Å². The van der Waals surface area contributed by atoms with E-state index in [0.29, 0.717) is 25.2 Å². The molecule has 0 spiro atoms. The van der Waals surface area contributed by atoms with Crippen LogP contribution >= 0.6 is 10.7 Å². The van der Waals surface area contributed by atoms with Crippen molar-refractivity contribution >= 4 is 25.4 Å². The Bertz CT molecular complexity index is 639. The maximum atomic E-state index is 11.6. The van der Waals surface area contributed by atoms with Gasteiger partial charge in [0.2, 0.25) is 0 Å². The first kappa shape index (κ1) is 15.0. The number of nitro groups is 1. The molecule has 1 aromatic rings. The second kappa shape index (κ2) is 5.55. The highest BCUT2D eigenvalue weighted by atomic mass is 35.7. The highest BCUT2D eigenvalue weighted by Gasteiger charge is 2.27. The minimum atomic E-state index is -4.15. The molecule has 2 rings (SSSR count). The van der Waals surface area contributed by atoms with Gasteiger partial charge in [-0.15, -0.1) is 0 Å². The van der Waals surface area contributed by atoms with Crippen molar-refractivity contribution in [1.82, 2.24) is 0 Å². The number of nitrogens with zero attached hydrogens (tertiary/aromatic N) is 1. The predicted octanol–water partition coefficient (Wildman–Crippen LogP) is 2.00. The summed E-state index contributed by atoms with van der Waals surface area (Å²) in [6, 6.07) is 2.15. The molecule has 0 radical (unpaired) electrons. The standard InChI is InChI=1S/C11H12ClNO6S/c1-7-4-8(13(14)15)5-10(20(12,16)17)11(7)19-9-2-3-18-6-9/h4-5,9H,2-3,6H2,1H3. The van der Waals surface area contributed by atoms with Crippen LogP contribution in [0.2, 0.25) is 0 Å². The van der Waals surface area contributed by atoms with Gasteiger partial charge in [0.15, 0.2) is 0 Å². The molecule has 1 saturated heterocycles. The Morgan fingerprint density at radius 2 is 2.20 bits per heavy atom. The first-order chi connectivity index (χ1) is 9.29. The number of hydrogen-bond donors (Lipinski definition) is 0. The Labute approximate surface area is 120 Å². The molecule has 0 N–H and O–H groups in total. The van der Waals surface area contributed by atoms with Crippen LogP contribution in [0.3, 0.4) is 0 Å². The smallest absolute Gasteiger partial charge is 0.271 e. The Hall–Kier alpha value is -1.38. The predicted molar refractivity (Wildman–Crippen MR) is 70.7 cm³/mol. The van der Waals surface area contributed by atoms with Gasteiger partial charge >= 0.3 is 0 Å². The Morgan fingerprint density at radius 1 is 1.50 bits per heavy atom. The lowest BCUT2D eigenvalue weighted by Crippen LogP contribution is -2.18. The van der Waals surface area contributed by atoms with Crippen molar-refractivity contribution < 1.29 is 22.8 Å². The molecule has 1 aromatic carbocycles. The van der Waals surface area contributed by atoms with Crippen LogP contribution in [-0.2, 0) is 13.8 Å². The molecular formula is C11H12ClNO6S. The molecule has 1 heterocycles. The van der Waals surface area contributed by atoms with Crippen LogP contribution in [0, 0.1) is 17.0 Å². The van der Waals surface area contributed by atoms with Crippen LogP contribution in [0.4, 0.5) is 5.69 Å². The topological polar surface area (TPSA) is 95.7 Å². The summed E-state index contributed by atoms with van der Waals surface area (Å²) in [6.07, 6.45) is 0.338. The van der Waals surface area contributed by atoms with E-state index in [4.69, 9.17) is 20.2 Å². The molecule has 1 aliphatic rings. The quantitative estimate of drug-likeness (QED) is 0.478. The largest absolute Gasteiger partial charge is 0.486 e. The summed E-state index contributed by atoms with van der Waals surface area (Å²) >= 11 is 0. The van der Waals surface area contributed by atoms with Crippen LogP contribution in [0.1, 0.15) is 12.0 Å². The van der Waals surface area contributed by atoms with Gasteiger partial charge in [0.05, 0.1) is 18.1 Å². The number of halogens is 1. The zero-order valence-corrected chi connectivity index (χ0v) is 12.1. The minimum Gasteiger partial charge on any atom is -0.486 e. The maximum absolute atomic E-state index is 11.6. The second-order valence-corrected chi connectivity index (χ2v) is 6.92. The average molecular weight is 322 g/mol. The number of ether oxygens (including phenoxy) is 2. The van der Waals surface area contributed by atoms with Gasteiger partial charge in [-0.1, -0.05) is 0 Å². The van der Waals surface area contributed by atoms with Crippen molar-refractivity contribution in [2.45, 2.75) is 24.3 Å². The van der Waals surface area contributed by atoms with Gasteiger partial charge in [-0.3, -0.25) is 10.1 Å². The third kappa shape index (κ3) is 3.20. The summed E-state index contributed by atoms with van der Waals surface area (Å²) in [7, 11) is 1.18. The number of aryl methyl sites for hydroxylation is 1. The first-order valence-corrected chi connectivity index (χ1v) is 8.08. The molecule has 0 aliphatic carbocycles. The fourth-order valence-electron chi connectivity index (χ4n) is 1.93. The summed E-state index contributed by atoms with van der Waals surface area (Å²) in [5, 5.41) is 10.8. The number of benzene rings is 1. The molecule has 20 heavy (non-hydrogen) atoms. The van der Waals surface area contributed by atoms with Crippen LogP contribution in [0.5, 0.6) is 5.75 Å². The van der Waals surface area contributed by atoms with Crippen LogP contribution < -0.4 is 4.74 Å². The zero-order chi connectivity index (χ0) is 14.9. The van der Waals surface area contributed by atoms with Gasteiger partial charge in [0.25, 0.3) is 14.7 Å². The molecule has 0 bridgehead atoms. The van der Waals surface area contributed by atoms with Gasteiger partial charge < -0.3 is 9.47 Å². The lowest BCUT2D eigenvalue weighted by Gasteiger charge is -2.16. The molecule has 1 atom stereocenters. The molecule has 0 amide bonds. The third-order valence-corrected chi connectivity index (χ3v) is 4.20. The summed E-state index contributed by atoms with van der Waals surface area (Å²) in [5.41, 5.74) is -0.0120. The molecule has 1 fully saturated rings. The maximum Gasteiger partial charge on any atom is 0.271 e. The Kier molecular flexibility index (Phi) is 4.17. The molecule has 0 saturated carbocycles. The van der Waals surface area contributed by atoms with Gasteiger partial charge in [0.1, 0.15) is 16.7 Å². The first-order valence-electron chi connectivity index (χ1n) is 5.77. The van der Waals surface area contributed by atoms with Gasteiger partial charge in [-0.05, 0) is 12.5 Å². The van der Waals surface area contributed by atoms with Crippen LogP contribution in [0.25, 0.3) is 0 Å². The summed E-state index contributed by atoms with van der Waals surface area (Å²) in [6.45, 7) is 2.40. The summed E-state index contributed by atoms with van der Waals surface area (Å²) < 4.78 is 33.9. The highest BCUT2D eigenvalue weighted by molar-refractivity contribution is 8.13. The monoisotopic (exact) mass is 321 g/mol. The lowest BCUT2D eigenvalue weighted by atomic mass is 10.2. The van der Waals surface area contributed by atoms with Crippen molar-refractivity contribution in [1.29, 1.82) is 0 Å². The lowest BCUT2D eigenvalue weighted by molar-refractivity contribution is -0.385. The van der Waals surface area contributed by atoms with Crippen molar-refractivity contribution in [2.24, 2.45) is 0 Å². The third-order valence-electron chi connectivity index (χ3n) is 2.87. The van der Waals surface area contributed by atoms with E-state index in [2.05, 4.69) is 0 Å². The van der Waals surface area contributed by atoms with Gasteiger partial charge in [-0.25, -0.2) is 8.42 Å². The average Bonchev–Trinajstić information content (AvgIpc) is 2.82. The number of nitro benzene ring substituents is 1. The van der Waals surface area contributed by atoms with Crippen molar-refractivity contribution in [2.75, 3.05) is 13.2 Å². The Balaban J connectivity index is 2.50. The summed E-state index contributed by atoms with van der Waals surface area (Å²) in [5.74, 6) is 0.0427. The van der Waals surface area contributed by atoms with E-state index in [0.717, 1.165) is 6.07 Å². The molecule has 110 valence electrons. The van der Waals surface area contributed by atoms with E-state index in [-0.39, 0.29) is 17.5 Å². The van der Waals surface area contributed by atoms with Crippen molar-refractivity contribution in [3.8, 4) is 5.75 Å². The molecule has 9 heteroatoms. The van der Waals surface area contributed by atoms with Crippen molar-refractivity contribution in [3.05, 3.63) is 27.8 Å². The number of non-ortho nitro benzene ring substituents is 1. The van der Waals surface area contributed by atoms with E-state index in [9.17, 15) is 18.5 Å². The number of rotatable bonds is 4. The van der Waals surface area contributed by atoms with Gasteiger partial charge in [-0.2, -0.15) is 0 Å². The normalized spacial score (nSPS) is 19.0. The number of hydrogen-bond acceptors (Lipinski definition) is 6. The van der Waals surface area contributed by atoms with E-state index in [1.54, 1.807) is 0 Å². The molecular weight excluding hydrogens is 310 g/mol. The highest BCUT2D eigenvalue weighted by Crippen LogP contribution is 2.35. The molecule has 7 nitrogen and oxygen atoms in total. The van der Waals surface area contributed by atoms with Crippen LogP contribution in [0.15, 0.2) is 17.0 Å². The van der Waals surface area contributed by atoms with Crippen molar-refractivity contribution in [3.63, 3.8) is 0 Å². The van der Waals surface area contributed by atoms with E-state index in [1.165, 1.54) is 13.0 Å². The second-order valence-electron chi connectivity index (χ2n) is 4.39. The molecule has 0 aromatic heterocycles. The zero-order valence-electron chi connectivity index (χ0n) is 10.5. The Morgan fingerprint density at radius 3 is 2.70 bits per heavy atom. The van der Waals surface area contributed by atoms with E-state index in [1.807, 2.05) is 0 Å². The summed E-state index contributed by atoms with van der Waals surface area (Å²) in [4.78, 5) is 9.72.